The van der Waals surface area contributed by atoms with Gasteiger partial charge in [-0.25, -0.2) is 0 Å². The summed E-state index contributed by atoms with van der Waals surface area (Å²) in [4.78, 5) is 0. The second-order valence-corrected chi connectivity index (χ2v) is 10.8. The van der Waals surface area contributed by atoms with Gasteiger partial charge in [0.15, 0.2) is 0 Å². The van der Waals surface area contributed by atoms with Crippen LogP contribution in [0.1, 0.15) is 86.7 Å². The molecule has 2 atom stereocenters. The minimum Gasteiger partial charge on any atom is -0.493 e. The Labute approximate surface area is 199 Å². The van der Waals surface area contributed by atoms with Gasteiger partial charge in [0.2, 0.25) is 0 Å². The summed E-state index contributed by atoms with van der Waals surface area (Å²) in [5.74, 6) is 2.44. The first-order valence-corrected chi connectivity index (χ1v) is 13.0. The van der Waals surface area contributed by atoms with Gasteiger partial charge >= 0.3 is 0 Å². The van der Waals surface area contributed by atoms with Gasteiger partial charge in [0.25, 0.3) is 0 Å². The van der Waals surface area contributed by atoms with Crippen LogP contribution in [0.25, 0.3) is 0 Å². The van der Waals surface area contributed by atoms with Crippen molar-refractivity contribution in [1.29, 1.82) is 0 Å². The number of rotatable bonds is 2. The maximum absolute atomic E-state index is 6.04. The van der Waals surface area contributed by atoms with Crippen LogP contribution >= 0.6 is 0 Å². The van der Waals surface area contributed by atoms with Crippen molar-refractivity contribution < 1.29 is 4.74 Å². The number of aryl methyl sites for hydroxylation is 3. The molecule has 0 saturated carbocycles. The lowest BCUT2D eigenvalue weighted by Gasteiger charge is -2.32. The van der Waals surface area contributed by atoms with Crippen molar-refractivity contribution in [2.75, 3.05) is 6.61 Å². The average Bonchev–Trinajstić information content (AvgIpc) is 2.84. The highest BCUT2D eigenvalue weighted by Gasteiger charge is 2.27. The Bertz CT molecular complexity index is 1220. The molecule has 0 bridgehead atoms. The topological polar surface area (TPSA) is 9.23 Å². The molecule has 3 aromatic rings. The molecule has 3 aromatic carbocycles. The average molecular weight is 437 g/mol. The first kappa shape index (κ1) is 21.0. The molecule has 33 heavy (non-hydrogen) atoms. The summed E-state index contributed by atoms with van der Waals surface area (Å²) < 4.78 is 6.04. The second kappa shape index (κ2) is 8.35. The van der Waals surface area contributed by atoms with E-state index >= 15 is 0 Å². The first-order valence-electron chi connectivity index (χ1n) is 13.0. The Morgan fingerprint density at radius 3 is 2.52 bits per heavy atom. The smallest absolute Gasteiger partial charge is 0.123 e. The fourth-order valence-corrected chi connectivity index (χ4v) is 6.94. The molecule has 0 N–H and O–H groups in total. The van der Waals surface area contributed by atoms with Crippen molar-refractivity contribution >= 4 is 0 Å². The predicted molar refractivity (Wildman–Crippen MR) is 137 cm³/mol. The van der Waals surface area contributed by atoms with Gasteiger partial charge < -0.3 is 4.74 Å². The summed E-state index contributed by atoms with van der Waals surface area (Å²) in [5, 5.41) is 0. The van der Waals surface area contributed by atoms with Gasteiger partial charge in [-0.3, -0.25) is 0 Å². The monoisotopic (exact) mass is 436 g/mol. The van der Waals surface area contributed by atoms with Gasteiger partial charge in [-0.1, -0.05) is 36.4 Å². The summed E-state index contributed by atoms with van der Waals surface area (Å²) >= 11 is 0. The van der Waals surface area contributed by atoms with Crippen molar-refractivity contribution in [3.63, 3.8) is 0 Å². The van der Waals surface area contributed by atoms with E-state index in [0.29, 0.717) is 11.8 Å². The zero-order chi connectivity index (χ0) is 22.5. The van der Waals surface area contributed by atoms with E-state index in [1.165, 1.54) is 67.2 Å². The van der Waals surface area contributed by atoms with Crippen LogP contribution < -0.4 is 4.74 Å². The Balaban J connectivity index is 1.26. The fourth-order valence-electron chi connectivity index (χ4n) is 6.94. The minimum absolute atomic E-state index is 0.612. The van der Waals surface area contributed by atoms with Crippen molar-refractivity contribution in [3.8, 4) is 5.75 Å². The molecule has 0 radical (unpaired) electrons. The van der Waals surface area contributed by atoms with Crippen LogP contribution in [0.3, 0.4) is 0 Å². The maximum Gasteiger partial charge on any atom is 0.123 e. The molecule has 0 saturated heterocycles. The summed E-state index contributed by atoms with van der Waals surface area (Å²) in [6.45, 7) is 7.83. The molecule has 6 rings (SSSR count). The van der Waals surface area contributed by atoms with E-state index < -0.39 is 0 Å². The Kier molecular flexibility index (Phi) is 5.32. The quantitative estimate of drug-likeness (QED) is 0.404. The second-order valence-electron chi connectivity index (χ2n) is 10.8. The zero-order valence-corrected chi connectivity index (χ0v) is 20.5. The molecule has 0 amide bonds. The summed E-state index contributed by atoms with van der Waals surface area (Å²) in [6, 6.07) is 16.6. The van der Waals surface area contributed by atoms with Gasteiger partial charge in [-0.15, -0.1) is 0 Å². The van der Waals surface area contributed by atoms with E-state index in [1.807, 2.05) is 0 Å². The number of hydrogen-bond donors (Lipinski definition) is 0. The lowest BCUT2D eigenvalue weighted by Crippen LogP contribution is -2.19. The molecule has 1 heterocycles. The van der Waals surface area contributed by atoms with Gasteiger partial charge in [0.1, 0.15) is 5.75 Å². The van der Waals surface area contributed by atoms with Crippen molar-refractivity contribution in [3.05, 3.63) is 98.1 Å². The SMILES string of the molecule is Cc1cccc2c1CC(c1ccc3c(c1C)CCC(c1cc(C)c4c(c1)OCCC4)C3)CC2. The van der Waals surface area contributed by atoms with Gasteiger partial charge in [-0.05, 0) is 146 Å². The Hall–Kier alpha value is -2.54. The van der Waals surface area contributed by atoms with Crippen LogP contribution in [0, 0.1) is 20.8 Å². The third-order valence-corrected chi connectivity index (χ3v) is 8.86. The van der Waals surface area contributed by atoms with Crippen LogP contribution in [0.15, 0.2) is 42.5 Å². The molecule has 2 aliphatic carbocycles. The van der Waals surface area contributed by atoms with Crippen LogP contribution in [0.2, 0.25) is 0 Å². The lowest BCUT2D eigenvalue weighted by molar-refractivity contribution is 0.287. The maximum atomic E-state index is 6.04. The molecule has 0 aromatic heterocycles. The molecule has 0 spiro atoms. The number of fused-ring (bicyclic) bond motifs is 3. The largest absolute Gasteiger partial charge is 0.493 e. The molecule has 1 nitrogen and oxygen atoms in total. The first-order chi connectivity index (χ1) is 16.1. The van der Waals surface area contributed by atoms with E-state index in [4.69, 9.17) is 4.74 Å². The van der Waals surface area contributed by atoms with E-state index in [2.05, 4.69) is 63.2 Å². The lowest BCUT2D eigenvalue weighted by atomic mass is 9.73. The molecule has 1 aliphatic heterocycles. The molecular formula is C32H36O. The zero-order valence-electron chi connectivity index (χ0n) is 20.5. The third-order valence-electron chi connectivity index (χ3n) is 8.86. The minimum atomic E-state index is 0.612. The number of benzene rings is 3. The Morgan fingerprint density at radius 2 is 1.61 bits per heavy atom. The fraction of sp³-hybridized carbons (Fsp3) is 0.438. The van der Waals surface area contributed by atoms with Gasteiger partial charge in [-0.2, -0.15) is 0 Å². The van der Waals surface area contributed by atoms with E-state index in [-0.39, 0.29) is 0 Å². The van der Waals surface area contributed by atoms with Crippen LogP contribution in [0.5, 0.6) is 5.75 Å². The molecule has 2 unspecified atom stereocenters. The van der Waals surface area contributed by atoms with Crippen LogP contribution in [-0.4, -0.2) is 6.61 Å². The highest BCUT2D eigenvalue weighted by molar-refractivity contribution is 5.49. The molecular weight excluding hydrogens is 400 g/mol. The van der Waals surface area contributed by atoms with Crippen LogP contribution in [0.4, 0.5) is 0 Å². The predicted octanol–water partition coefficient (Wildman–Crippen LogP) is 7.48. The summed E-state index contributed by atoms with van der Waals surface area (Å²) in [7, 11) is 0. The summed E-state index contributed by atoms with van der Waals surface area (Å²) in [6.07, 6.45) is 9.66. The van der Waals surface area contributed by atoms with Gasteiger partial charge in [0, 0.05) is 0 Å². The van der Waals surface area contributed by atoms with E-state index in [9.17, 15) is 0 Å². The van der Waals surface area contributed by atoms with Crippen molar-refractivity contribution in [1.82, 2.24) is 0 Å². The van der Waals surface area contributed by atoms with Gasteiger partial charge in [0.05, 0.1) is 6.61 Å². The highest BCUT2D eigenvalue weighted by Crippen LogP contribution is 2.41. The highest BCUT2D eigenvalue weighted by atomic mass is 16.5. The molecule has 3 aliphatic rings. The third kappa shape index (κ3) is 3.70. The standard InChI is InChI=1S/C32H36O/c1-20-6-4-7-23-9-10-26(18-31(20)23)30-14-12-25-17-24(11-13-29(25)22(30)3)27-16-21(2)28-8-5-15-33-32(28)19-27/h4,6-7,12,14,16,19,24,26H,5,8-11,13,15,17-18H2,1-3H3. The molecule has 0 fully saturated rings. The summed E-state index contributed by atoms with van der Waals surface area (Å²) in [5.41, 5.74) is 15.4. The normalized spacial score (nSPS) is 21.5. The van der Waals surface area contributed by atoms with Crippen molar-refractivity contribution in [2.24, 2.45) is 0 Å². The van der Waals surface area contributed by atoms with E-state index in [0.717, 1.165) is 18.8 Å². The van der Waals surface area contributed by atoms with Crippen LogP contribution in [-0.2, 0) is 32.1 Å². The van der Waals surface area contributed by atoms with E-state index in [1.54, 1.807) is 33.4 Å². The molecule has 1 heteroatoms. The number of ether oxygens (including phenoxy) is 1. The Morgan fingerprint density at radius 1 is 0.727 bits per heavy atom. The number of hydrogen-bond acceptors (Lipinski definition) is 1. The van der Waals surface area contributed by atoms with Crippen molar-refractivity contribution in [2.45, 2.75) is 84.0 Å². The molecule has 170 valence electrons.